The van der Waals surface area contributed by atoms with E-state index in [9.17, 15) is 0 Å². The highest BCUT2D eigenvalue weighted by Crippen LogP contribution is 2.16. The summed E-state index contributed by atoms with van der Waals surface area (Å²) >= 11 is 5.91. The van der Waals surface area contributed by atoms with Crippen LogP contribution >= 0.6 is 11.6 Å². The predicted molar refractivity (Wildman–Crippen MR) is 71.8 cm³/mol. The van der Waals surface area contributed by atoms with E-state index >= 15 is 0 Å². The van der Waals surface area contributed by atoms with E-state index < -0.39 is 0 Å². The molecule has 2 N–H and O–H groups in total. The molecule has 0 bridgehead atoms. The van der Waals surface area contributed by atoms with Crippen molar-refractivity contribution < 1.29 is 10.2 Å². The summed E-state index contributed by atoms with van der Waals surface area (Å²) in [6.45, 7) is 0.572. The minimum atomic E-state index is -0.104. The molecule has 7 heteroatoms. The Morgan fingerprint density at radius 2 is 2.00 bits per heavy atom. The van der Waals surface area contributed by atoms with Crippen LogP contribution in [-0.4, -0.2) is 42.9 Å². The van der Waals surface area contributed by atoms with Crippen LogP contribution in [0.15, 0.2) is 24.8 Å². The molecule has 2 aromatic rings. The van der Waals surface area contributed by atoms with Crippen molar-refractivity contribution in [2.75, 3.05) is 13.2 Å². The molecule has 19 heavy (non-hydrogen) atoms. The van der Waals surface area contributed by atoms with Crippen LogP contribution in [0.1, 0.15) is 6.42 Å². The van der Waals surface area contributed by atoms with Crippen LogP contribution in [0.4, 0.5) is 0 Å². The zero-order valence-corrected chi connectivity index (χ0v) is 11.0. The van der Waals surface area contributed by atoms with Gasteiger partial charge in [-0.25, -0.2) is 15.0 Å². The fourth-order valence-corrected chi connectivity index (χ4v) is 1.85. The third-order valence-electron chi connectivity index (χ3n) is 2.81. The van der Waals surface area contributed by atoms with Crippen molar-refractivity contribution in [1.29, 1.82) is 0 Å². The van der Waals surface area contributed by atoms with Crippen LogP contribution in [0.3, 0.4) is 0 Å². The quantitative estimate of drug-likeness (QED) is 0.611. The first-order valence-electron chi connectivity index (χ1n) is 5.94. The average Bonchev–Trinajstić information content (AvgIpc) is 2.84. The minimum Gasteiger partial charge on any atom is -0.396 e. The van der Waals surface area contributed by atoms with Crippen molar-refractivity contribution in [3.05, 3.63) is 30.0 Å². The van der Waals surface area contributed by atoms with E-state index in [4.69, 9.17) is 21.8 Å². The fourth-order valence-electron chi connectivity index (χ4n) is 1.67. The van der Waals surface area contributed by atoms with Gasteiger partial charge in [-0.2, -0.15) is 0 Å². The lowest BCUT2D eigenvalue weighted by Gasteiger charge is -2.06. The molecule has 0 atom stereocenters. The number of rotatable bonds is 6. The van der Waals surface area contributed by atoms with Crippen LogP contribution in [0, 0.1) is 5.92 Å². The van der Waals surface area contributed by atoms with E-state index in [0.717, 1.165) is 0 Å². The summed E-state index contributed by atoms with van der Waals surface area (Å²) in [5.74, 6) is -0.104. The lowest BCUT2D eigenvalue weighted by Crippen LogP contribution is -2.09. The smallest absolute Gasteiger partial charge is 0.165 e. The van der Waals surface area contributed by atoms with Gasteiger partial charge in [-0.3, -0.25) is 0 Å². The van der Waals surface area contributed by atoms with Crippen molar-refractivity contribution in [3.63, 3.8) is 0 Å². The summed E-state index contributed by atoms with van der Waals surface area (Å²) in [5.41, 5.74) is 1.27. The Hall–Kier alpha value is -1.50. The van der Waals surface area contributed by atoms with Crippen molar-refractivity contribution in [1.82, 2.24) is 19.5 Å². The van der Waals surface area contributed by atoms with E-state index in [0.29, 0.717) is 29.3 Å². The summed E-state index contributed by atoms with van der Waals surface area (Å²) in [6, 6.07) is 0. The minimum absolute atomic E-state index is 0.0162. The molecule has 0 amide bonds. The van der Waals surface area contributed by atoms with E-state index in [-0.39, 0.29) is 19.1 Å². The van der Waals surface area contributed by atoms with Gasteiger partial charge in [0.1, 0.15) is 11.8 Å². The standard InChI is InChI=1S/C12H15ClN4O2/c13-11-10-12(15-7-14-11)17(8-16-10)4-2-1-3-9(5-18)6-19/h1-2,7-9,18-19H,3-6H2/b2-1+. The van der Waals surface area contributed by atoms with Gasteiger partial charge in [-0.05, 0) is 6.42 Å². The highest BCUT2D eigenvalue weighted by atomic mass is 35.5. The molecule has 0 saturated heterocycles. The highest BCUT2D eigenvalue weighted by Gasteiger charge is 2.07. The van der Waals surface area contributed by atoms with Crippen LogP contribution < -0.4 is 0 Å². The molecule has 0 fully saturated rings. The average molecular weight is 283 g/mol. The van der Waals surface area contributed by atoms with E-state index in [1.165, 1.54) is 6.33 Å². The monoisotopic (exact) mass is 282 g/mol. The van der Waals surface area contributed by atoms with Crippen molar-refractivity contribution in [2.45, 2.75) is 13.0 Å². The largest absolute Gasteiger partial charge is 0.396 e. The van der Waals surface area contributed by atoms with Crippen molar-refractivity contribution in [3.8, 4) is 0 Å². The van der Waals surface area contributed by atoms with Gasteiger partial charge in [0.25, 0.3) is 0 Å². The second kappa shape index (κ2) is 6.60. The van der Waals surface area contributed by atoms with Gasteiger partial charge in [0, 0.05) is 25.7 Å². The topological polar surface area (TPSA) is 84.1 Å². The Labute approximate surface area is 115 Å². The van der Waals surface area contributed by atoms with Crippen LogP contribution in [0.2, 0.25) is 5.15 Å². The molecule has 0 spiro atoms. The molecule has 0 aliphatic carbocycles. The first-order chi connectivity index (χ1) is 9.26. The molecule has 0 aliphatic heterocycles. The molecule has 2 heterocycles. The van der Waals surface area contributed by atoms with Gasteiger partial charge in [-0.1, -0.05) is 23.8 Å². The van der Waals surface area contributed by atoms with Gasteiger partial charge in [-0.15, -0.1) is 0 Å². The summed E-state index contributed by atoms with van der Waals surface area (Å²) in [6.07, 6.45) is 7.56. The summed E-state index contributed by atoms with van der Waals surface area (Å²) in [7, 11) is 0. The molecular formula is C12H15ClN4O2. The Morgan fingerprint density at radius 3 is 2.74 bits per heavy atom. The second-order valence-electron chi connectivity index (χ2n) is 4.17. The molecule has 0 saturated carbocycles. The molecule has 0 unspecified atom stereocenters. The zero-order chi connectivity index (χ0) is 13.7. The van der Waals surface area contributed by atoms with Crippen LogP contribution in [-0.2, 0) is 6.54 Å². The van der Waals surface area contributed by atoms with E-state index in [1.54, 1.807) is 6.33 Å². The van der Waals surface area contributed by atoms with Gasteiger partial charge in [0.05, 0.1) is 6.33 Å². The van der Waals surface area contributed by atoms with Gasteiger partial charge < -0.3 is 14.8 Å². The SMILES string of the molecule is OCC(CO)C/C=C/Cn1cnc2c(Cl)ncnc21. The number of fused-ring (bicyclic) bond motifs is 1. The molecular weight excluding hydrogens is 268 g/mol. The van der Waals surface area contributed by atoms with Crippen molar-refractivity contribution >= 4 is 22.8 Å². The molecule has 0 aliphatic rings. The number of hydrogen-bond donors (Lipinski definition) is 2. The zero-order valence-electron chi connectivity index (χ0n) is 10.3. The number of aromatic nitrogens is 4. The van der Waals surface area contributed by atoms with Crippen molar-refractivity contribution in [2.24, 2.45) is 5.92 Å². The third kappa shape index (κ3) is 3.28. The van der Waals surface area contributed by atoms with Crippen LogP contribution in [0.25, 0.3) is 11.2 Å². The van der Waals surface area contributed by atoms with Gasteiger partial charge in [0.2, 0.25) is 0 Å². The van der Waals surface area contributed by atoms with Gasteiger partial charge in [0.15, 0.2) is 10.8 Å². The summed E-state index contributed by atoms with van der Waals surface area (Å²) in [4.78, 5) is 12.2. The molecule has 0 radical (unpaired) electrons. The number of nitrogens with zero attached hydrogens (tertiary/aromatic N) is 4. The van der Waals surface area contributed by atoms with E-state index in [1.807, 2.05) is 16.7 Å². The maximum atomic E-state index is 8.94. The fraction of sp³-hybridized carbons (Fsp3) is 0.417. The molecule has 0 aromatic carbocycles. The first kappa shape index (κ1) is 13.9. The lowest BCUT2D eigenvalue weighted by molar-refractivity contribution is 0.152. The summed E-state index contributed by atoms with van der Waals surface area (Å²) in [5, 5.41) is 18.2. The molecule has 2 rings (SSSR count). The Bertz CT molecular complexity index is 566. The number of allylic oxidation sites excluding steroid dienone is 2. The number of aliphatic hydroxyl groups excluding tert-OH is 2. The lowest BCUT2D eigenvalue weighted by atomic mass is 10.1. The maximum Gasteiger partial charge on any atom is 0.165 e. The summed E-state index contributed by atoms with van der Waals surface area (Å²) < 4.78 is 1.85. The number of halogens is 1. The van der Waals surface area contributed by atoms with E-state index in [2.05, 4.69) is 15.0 Å². The third-order valence-corrected chi connectivity index (χ3v) is 3.09. The molecule has 2 aromatic heterocycles. The van der Waals surface area contributed by atoms with Crippen LogP contribution in [0.5, 0.6) is 0 Å². The predicted octanol–water partition coefficient (Wildman–Crippen LogP) is 1.03. The Balaban J connectivity index is 2.02. The first-order valence-corrected chi connectivity index (χ1v) is 6.32. The number of aliphatic hydroxyl groups is 2. The highest BCUT2D eigenvalue weighted by molar-refractivity contribution is 6.33. The molecule has 102 valence electrons. The number of hydrogen-bond acceptors (Lipinski definition) is 5. The Morgan fingerprint density at radius 1 is 1.21 bits per heavy atom. The molecule has 6 nitrogen and oxygen atoms in total. The maximum absolute atomic E-state index is 8.94. The second-order valence-corrected chi connectivity index (χ2v) is 4.53. The Kier molecular flexibility index (Phi) is 4.84. The number of imidazole rings is 1. The normalized spacial score (nSPS) is 12.0. The van der Waals surface area contributed by atoms with Gasteiger partial charge >= 0.3 is 0 Å².